The van der Waals surface area contributed by atoms with E-state index in [9.17, 15) is 0 Å². The number of nitrogens with one attached hydrogen (secondary N) is 2. The maximum absolute atomic E-state index is 5.45. The average Bonchev–Trinajstić information content (AvgIpc) is 2.85. The van der Waals surface area contributed by atoms with Gasteiger partial charge in [-0.05, 0) is 23.8 Å². The number of ether oxygens (including phenoxy) is 2. The van der Waals surface area contributed by atoms with Crippen LogP contribution in [-0.2, 0) is 11.3 Å². The molecule has 33 heavy (non-hydrogen) atoms. The van der Waals surface area contributed by atoms with Gasteiger partial charge in [0.25, 0.3) is 0 Å². The summed E-state index contributed by atoms with van der Waals surface area (Å²) in [5.74, 6) is 2.16. The van der Waals surface area contributed by atoms with Gasteiger partial charge >= 0.3 is 0 Å². The Kier molecular flexibility index (Phi) is 9.23. The van der Waals surface area contributed by atoms with E-state index in [-0.39, 0.29) is 12.4 Å². The molecular formula is C22H25BrClN7O2. The second-order valence-electron chi connectivity index (χ2n) is 6.98. The SMILES string of the molecule is COc1ccc(Br)c(C=NNc2nc(NCc3ccccc3)nc(N3CCOCC3)n2)c1.Cl. The minimum atomic E-state index is 0. The molecule has 1 fully saturated rings. The Bertz CT molecular complexity index is 1070. The van der Waals surface area contributed by atoms with Crippen LogP contribution in [0.3, 0.4) is 0 Å². The lowest BCUT2D eigenvalue weighted by Crippen LogP contribution is -2.37. The highest BCUT2D eigenvalue weighted by atomic mass is 79.9. The predicted molar refractivity (Wildman–Crippen MR) is 136 cm³/mol. The Morgan fingerprint density at radius 1 is 1.09 bits per heavy atom. The Labute approximate surface area is 207 Å². The van der Waals surface area contributed by atoms with Gasteiger partial charge in [0.15, 0.2) is 0 Å². The van der Waals surface area contributed by atoms with E-state index < -0.39 is 0 Å². The van der Waals surface area contributed by atoms with Crippen molar-refractivity contribution in [1.29, 1.82) is 0 Å². The summed E-state index contributed by atoms with van der Waals surface area (Å²) in [6.45, 7) is 3.34. The smallest absolute Gasteiger partial charge is 0.250 e. The van der Waals surface area contributed by atoms with Crippen molar-refractivity contribution >= 4 is 52.4 Å². The van der Waals surface area contributed by atoms with Crippen molar-refractivity contribution in [3.8, 4) is 5.75 Å². The van der Waals surface area contributed by atoms with Gasteiger partial charge in [-0.15, -0.1) is 12.4 Å². The first-order chi connectivity index (χ1) is 15.7. The van der Waals surface area contributed by atoms with E-state index in [0.29, 0.717) is 37.6 Å². The van der Waals surface area contributed by atoms with Gasteiger partial charge in [-0.3, -0.25) is 0 Å². The molecule has 0 saturated carbocycles. The molecule has 1 aliphatic rings. The van der Waals surface area contributed by atoms with Crippen molar-refractivity contribution in [2.75, 3.05) is 49.1 Å². The number of methoxy groups -OCH3 is 1. The van der Waals surface area contributed by atoms with Gasteiger partial charge in [-0.1, -0.05) is 46.3 Å². The number of rotatable bonds is 8. The fourth-order valence-electron chi connectivity index (χ4n) is 3.08. The molecule has 11 heteroatoms. The summed E-state index contributed by atoms with van der Waals surface area (Å²) >= 11 is 3.52. The van der Waals surface area contributed by atoms with Crippen molar-refractivity contribution in [2.45, 2.75) is 6.54 Å². The normalized spacial score (nSPS) is 13.5. The lowest BCUT2D eigenvalue weighted by Gasteiger charge is -2.27. The van der Waals surface area contributed by atoms with Crippen LogP contribution in [0.5, 0.6) is 5.75 Å². The summed E-state index contributed by atoms with van der Waals surface area (Å²) in [6.07, 6.45) is 1.68. The molecule has 0 atom stereocenters. The molecule has 3 aromatic rings. The van der Waals surface area contributed by atoms with Crippen LogP contribution >= 0.6 is 28.3 Å². The van der Waals surface area contributed by atoms with Gasteiger partial charge in [-0.2, -0.15) is 20.1 Å². The van der Waals surface area contributed by atoms with Crippen LogP contribution in [0.15, 0.2) is 58.1 Å². The van der Waals surface area contributed by atoms with E-state index >= 15 is 0 Å². The molecule has 2 N–H and O–H groups in total. The number of nitrogens with zero attached hydrogens (tertiary/aromatic N) is 5. The van der Waals surface area contributed by atoms with Crippen LogP contribution in [-0.4, -0.2) is 54.6 Å². The van der Waals surface area contributed by atoms with Crippen molar-refractivity contribution in [3.05, 3.63) is 64.1 Å². The zero-order valence-electron chi connectivity index (χ0n) is 18.1. The Hall–Kier alpha value is -2.95. The van der Waals surface area contributed by atoms with Gasteiger partial charge in [0, 0.05) is 29.7 Å². The molecule has 0 bridgehead atoms. The highest BCUT2D eigenvalue weighted by Gasteiger charge is 2.16. The lowest BCUT2D eigenvalue weighted by atomic mass is 10.2. The summed E-state index contributed by atoms with van der Waals surface area (Å²) in [5, 5.41) is 7.59. The number of anilines is 3. The van der Waals surface area contributed by atoms with Crippen molar-refractivity contribution in [2.24, 2.45) is 5.10 Å². The molecule has 0 spiro atoms. The van der Waals surface area contributed by atoms with Crippen LogP contribution in [0.25, 0.3) is 0 Å². The first-order valence-corrected chi connectivity index (χ1v) is 11.0. The molecule has 2 aromatic carbocycles. The molecule has 4 rings (SSSR count). The largest absolute Gasteiger partial charge is 0.497 e. The van der Waals surface area contributed by atoms with Gasteiger partial charge in [0.2, 0.25) is 17.8 Å². The van der Waals surface area contributed by atoms with Crippen molar-refractivity contribution in [1.82, 2.24) is 15.0 Å². The van der Waals surface area contributed by atoms with Gasteiger partial charge in [-0.25, -0.2) is 5.43 Å². The Balaban J connectivity index is 0.00000306. The van der Waals surface area contributed by atoms with Crippen LogP contribution in [0.2, 0.25) is 0 Å². The summed E-state index contributed by atoms with van der Waals surface area (Å²) in [4.78, 5) is 15.7. The number of aromatic nitrogens is 3. The monoisotopic (exact) mass is 533 g/mol. The average molecular weight is 535 g/mol. The zero-order valence-corrected chi connectivity index (χ0v) is 20.5. The van der Waals surface area contributed by atoms with E-state index in [1.54, 1.807) is 13.3 Å². The van der Waals surface area contributed by atoms with Gasteiger partial charge in [0.1, 0.15) is 5.75 Å². The fourth-order valence-corrected chi connectivity index (χ4v) is 3.43. The molecule has 0 radical (unpaired) electrons. The van der Waals surface area contributed by atoms with Gasteiger partial charge < -0.3 is 19.7 Å². The highest BCUT2D eigenvalue weighted by Crippen LogP contribution is 2.21. The lowest BCUT2D eigenvalue weighted by molar-refractivity contribution is 0.122. The molecule has 9 nitrogen and oxygen atoms in total. The second kappa shape index (κ2) is 12.3. The molecule has 0 unspecified atom stereocenters. The third-order valence-corrected chi connectivity index (χ3v) is 5.50. The molecule has 1 saturated heterocycles. The number of hydrazone groups is 1. The number of hydrogen-bond donors (Lipinski definition) is 2. The van der Waals surface area contributed by atoms with E-state index in [2.05, 4.69) is 51.6 Å². The number of hydrogen-bond acceptors (Lipinski definition) is 9. The maximum atomic E-state index is 5.45. The first-order valence-electron chi connectivity index (χ1n) is 10.2. The van der Waals surface area contributed by atoms with Crippen LogP contribution in [0, 0.1) is 0 Å². The van der Waals surface area contributed by atoms with Crippen molar-refractivity contribution in [3.63, 3.8) is 0 Å². The molecule has 0 amide bonds. The fraction of sp³-hybridized carbons (Fsp3) is 0.273. The van der Waals surface area contributed by atoms with E-state index in [4.69, 9.17) is 9.47 Å². The number of benzene rings is 2. The van der Waals surface area contributed by atoms with E-state index in [1.165, 1.54) is 0 Å². The molecule has 1 aliphatic heterocycles. The molecule has 0 aliphatic carbocycles. The Morgan fingerprint density at radius 3 is 2.61 bits per heavy atom. The number of morpholine rings is 1. The third kappa shape index (κ3) is 7.01. The third-order valence-electron chi connectivity index (χ3n) is 4.78. The summed E-state index contributed by atoms with van der Waals surface area (Å²) in [7, 11) is 1.63. The van der Waals surface area contributed by atoms with E-state index in [1.807, 2.05) is 48.5 Å². The topological polar surface area (TPSA) is 96.8 Å². The standard InChI is InChI=1S/C22H24BrN7O2.ClH/c1-31-18-7-8-19(23)17(13-18)15-25-29-21-26-20(24-14-16-5-3-2-4-6-16)27-22(28-21)30-9-11-32-12-10-30;/h2-8,13,15H,9-12,14H2,1H3,(H2,24,26,27,28,29);1H. The molecule has 1 aromatic heterocycles. The minimum Gasteiger partial charge on any atom is -0.497 e. The summed E-state index contributed by atoms with van der Waals surface area (Å²) < 4.78 is 11.6. The Morgan fingerprint density at radius 2 is 1.85 bits per heavy atom. The van der Waals surface area contributed by atoms with E-state index in [0.717, 1.165) is 34.4 Å². The van der Waals surface area contributed by atoms with Crippen LogP contribution in [0.1, 0.15) is 11.1 Å². The second-order valence-corrected chi connectivity index (χ2v) is 7.83. The molecule has 174 valence electrons. The number of halogens is 2. The summed E-state index contributed by atoms with van der Waals surface area (Å²) in [5.41, 5.74) is 4.92. The minimum absolute atomic E-state index is 0. The maximum Gasteiger partial charge on any atom is 0.250 e. The zero-order chi connectivity index (χ0) is 22.2. The van der Waals surface area contributed by atoms with Crippen molar-refractivity contribution < 1.29 is 9.47 Å². The predicted octanol–water partition coefficient (Wildman–Crippen LogP) is 3.96. The highest BCUT2D eigenvalue weighted by molar-refractivity contribution is 9.10. The van der Waals surface area contributed by atoms with Gasteiger partial charge in [0.05, 0.1) is 26.5 Å². The van der Waals surface area contributed by atoms with Crippen LogP contribution < -0.4 is 20.4 Å². The quantitative estimate of drug-likeness (QED) is 0.331. The summed E-state index contributed by atoms with van der Waals surface area (Å²) in [6, 6.07) is 15.8. The van der Waals surface area contributed by atoms with Crippen LogP contribution in [0.4, 0.5) is 17.8 Å². The molecular weight excluding hydrogens is 510 g/mol. The first kappa shape index (κ1) is 24.7. The molecule has 2 heterocycles.